The molecule has 3 heterocycles. The number of piperidine rings is 1. The lowest BCUT2D eigenvalue weighted by Gasteiger charge is -2.36. The third kappa shape index (κ3) is 9.20. The molecule has 0 spiro atoms. The number of ether oxygens (including phenoxy) is 2. The van der Waals surface area contributed by atoms with Crippen LogP contribution in [0, 0.1) is 5.92 Å². The van der Waals surface area contributed by atoms with Crippen molar-refractivity contribution in [2.45, 2.75) is 45.2 Å². The lowest BCUT2D eigenvalue weighted by molar-refractivity contribution is -0.147. The minimum atomic E-state index is -1.11. The first-order valence-corrected chi connectivity index (χ1v) is 15.1. The lowest BCUT2D eigenvalue weighted by atomic mass is 9.97. The van der Waals surface area contributed by atoms with Gasteiger partial charge in [-0.25, -0.2) is 14.8 Å². The predicted octanol–water partition coefficient (Wildman–Crippen LogP) is 1.79. The molecular formula is C31H40N6O8. The van der Waals surface area contributed by atoms with E-state index in [-0.39, 0.29) is 63.2 Å². The van der Waals surface area contributed by atoms with E-state index in [1.165, 1.54) is 16.9 Å². The molecule has 3 amide bonds. The van der Waals surface area contributed by atoms with Crippen LogP contribution in [0.2, 0.25) is 0 Å². The molecule has 2 aliphatic heterocycles. The van der Waals surface area contributed by atoms with Gasteiger partial charge in [0.1, 0.15) is 11.7 Å². The number of amides is 3. The second kappa shape index (κ2) is 15.9. The van der Waals surface area contributed by atoms with Crippen LogP contribution in [0.4, 0.5) is 4.79 Å². The Morgan fingerprint density at radius 2 is 1.64 bits per heavy atom. The summed E-state index contributed by atoms with van der Waals surface area (Å²) in [5.41, 5.74) is 1.34. The van der Waals surface area contributed by atoms with Crippen LogP contribution in [-0.2, 0) is 30.4 Å². The molecule has 14 nitrogen and oxygen atoms in total. The molecule has 45 heavy (non-hydrogen) atoms. The van der Waals surface area contributed by atoms with E-state index in [9.17, 15) is 29.1 Å². The maximum Gasteiger partial charge on any atom is 0.409 e. The van der Waals surface area contributed by atoms with Crippen molar-refractivity contribution in [3.05, 3.63) is 47.8 Å². The number of carbonyl (C=O) groups excluding carboxylic acids is 4. The number of carbonyl (C=O) groups is 5. The van der Waals surface area contributed by atoms with Gasteiger partial charge in [0.15, 0.2) is 5.82 Å². The molecule has 0 saturated carbocycles. The Morgan fingerprint density at radius 1 is 0.978 bits per heavy atom. The van der Waals surface area contributed by atoms with Crippen LogP contribution in [0.5, 0.6) is 0 Å². The van der Waals surface area contributed by atoms with Crippen molar-refractivity contribution in [2.24, 2.45) is 5.92 Å². The average Bonchev–Trinajstić information content (AvgIpc) is 3.06. The Hall–Kier alpha value is -4.59. The molecule has 0 radical (unpaired) electrons. The van der Waals surface area contributed by atoms with Gasteiger partial charge < -0.3 is 29.7 Å². The summed E-state index contributed by atoms with van der Waals surface area (Å²) >= 11 is 0. The Balaban J connectivity index is 1.51. The van der Waals surface area contributed by atoms with Gasteiger partial charge in [0.25, 0.3) is 5.91 Å². The summed E-state index contributed by atoms with van der Waals surface area (Å²) in [6.45, 7) is 4.65. The fraction of sp³-hybridized carbons (Fsp3) is 0.516. The molecule has 2 aromatic rings. The van der Waals surface area contributed by atoms with Crippen LogP contribution in [0.1, 0.15) is 48.8 Å². The van der Waals surface area contributed by atoms with Gasteiger partial charge in [0, 0.05) is 44.7 Å². The molecule has 0 unspecified atom stereocenters. The number of hydrogen-bond acceptors (Lipinski definition) is 10. The Labute approximate surface area is 261 Å². The number of piperazine rings is 1. The zero-order valence-electron chi connectivity index (χ0n) is 25.6. The summed E-state index contributed by atoms with van der Waals surface area (Å²) in [4.78, 5) is 76.9. The van der Waals surface area contributed by atoms with Gasteiger partial charge in [-0.3, -0.25) is 24.1 Å². The third-order valence-corrected chi connectivity index (χ3v) is 7.92. The number of methoxy groups -OCH3 is 1. The second-order valence-corrected chi connectivity index (χ2v) is 11.0. The van der Waals surface area contributed by atoms with Gasteiger partial charge in [-0.1, -0.05) is 30.3 Å². The molecule has 1 aromatic carbocycles. The topological polar surface area (TPSA) is 172 Å². The van der Waals surface area contributed by atoms with Crippen LogP contribution in [0.25, 0.3) is 11.4 Å². The summed E-state index contributed by atoms with van der Waals surface area (Å²) in [6.07, 6.45) is 0.403. The summed E-state index contributed by atoms with van der Waals surface area (Å²) in [7, 11) is 1.39. The van der Waals surface area contributed by atoms with Crippen LogP contribution in [0.15, 0.2) is 36.4 Å². The summed E-state index contributed by atoms with van der Waals surface area (Å²) < 4.78 is 9.92. The second-order valence-electron chi connectivity index (χ2n) is 11.0. The molecule has 14 heteroatoms. The average molecular weight is 625 g/mol. The summed E-state index contributed by atoms with van der Waals surface area (Å²) in [5.74, 6) is -2.18. The number of benzene rings is 1. The van der Waals surface area contributed by atoms with Crippen molar-refractivity contribution >= 4 is 29.8 Å². The van der Waals surface area contributed by atoms with E-state index in [0.29, 0.717) is 49.6 Å². The first kappa shape index (κ1) is 33.3. The molecule has 2 fully saturated rings. The van der Waals surface area contributed by atoms with Crippen LogP contribution in [0.3, 0.4) is 0 Å². The molecule has 2 N–H and O–H groups in total. The maximum absolute atomic E-state index is 13.6. The quantitative estimate of drug-likeness (QED) is 0.349. The number of nitrogens with one attached hydrogen (secondary N) is 1. The highest BCUT2D eigenvalue weighted by Crippen LogP contribution is 2.22. The predicted molar refractivity (Wildman–Crippen MR) is 161 cm³/mol. The fourth-order valence-corrected chi connectivity index (χ4v) is 5.44. The lowest BCUT2D eigenvalue weighted by Crippen LogP contribution is -2.56. The summed E-state index contributed by atoms with van der Waals surface area (Å²) in [6, 6.07) is 9.66. The first-order chi connectivity index (χ1) is 21.7. The van der Waals surface area contributed by atoms with E-state index in [2.05, 4.69) is 15.2 Å². The van der Waals surface area contributed by atoms with Crippen molar-refractivity contribution in [3.63, 3.8) is 0 Å². The van der Waals surface area contributed by atoms with E-state index in [4.69, 9.17) is 14.5 Å². The van der Waals surface area contributed by atoms with Gasteiger partial charge >= 0.3 is 18.0 Å². The third-order valence-electron chi connectivity index (χ3n) is 7.92. The van der Waals surface area contributed by atoms with E-state index in [1.807, 2.05) is 30.3 Å². The highest BCUT2D eigenvalue weighted by molar-refractivity contribution is 5.96. The Kier molecular flexibility index (Phi) is 11.8. The molecule has 0 aliphatic carbocycles. The molecule has 0 bridgehead atoms. The Morgan fingerprint density at radius 3 is 2.27 bits per heavy atom. The van der Waals surface area contributed by atoms with Crippen LogP contribution in [-0.4, -0.2) is 119 Å². The number of aliphatic carboxylic acids is 1. The van der Waals surface area contributed by atoms with Gasteiger partial charge in [0.2, 0.25) is 5.91 Å². The SMILES string of the molecule is CCOC(=O)N1CCN(C(=O)[C@H](CCC(=O)O)NC(=O)c2cc(CN3CCC(C(=O)OC)CC3)nc(-c3ccccc3)n2)CC1. The molecule has 2 aliphatic rings. The molecule has 4 rings (SSSR count). The highest BCUT2D eigenvalue weighted by atomic mass is 16.6. The minimum absolute atomic E-state index is 0.0450. The molecule has 1 atom stereocenters. The zero-order valence-corrected chi connectivity index (χ0v) is 25.6. The minimum Gasteiger partial charge on any atom is -0.481 e. The van der Waals surface area contributed by atoms with Gasteiger partial charge in [0.05, 0.1) is 25.3 Å². The largest absolute Gasteiger partial charge is 0.481 e. The zero-order chi connectivity index (χ0) is 32.3. The number of carboxylic acids is 1. The van der Waals surface area contributed by atoms with E-state index in [1.54, 1.807) is 13.0 Å². The molecule has 1 aromatic heterocycles. The standard InChI is InChI=1S/C31H40N6O8/c1-3-45-31(43)37-17-15-36(16-18-37)29(41)24(9-10-26(38)39)34-28(40)25-19-23(32-27(33-25)21-7-5-4-6-8-21)20-35-13-11-22(12-14-35)30(42)44-2/h4-8,19,22,24H,3,9-18,20H2,1-2H3,(H,34,40)(H,38,39)/t24-/m0/s1. The number of hydrogen-bond donors (Lipinski definition) is 2. The highest BCUT2D eigenvalue weighted by Gasteiger charge is 2.32. The summed E-state index contributed by atoms with van der Waals surface area (Å²) in [5, 5.41) is 12.0. The number of aromatic nitrogens is 2. The maximum atomic E-state index is 13.6. The van der Waals surface area contributed by atoms with E-state index < -0.39 is 29.9 Å². The van der Waals surface area contributed by atoms with Crippen molar-refractivity contribution in [1.29, 1.82) is 0 Å². The number of rotatable bonds is 11. The van der Waals surface area contributed by atoms with Crippen molar-refractivity contribution in [2.75, 3.05) is 53.0 Å². The van der Waals surface area contributed by atoms with Crippen molar-refractivity contribution in [1.82, 2.24) is 30.0 Å². The van der Waals surface area contributed by atoms with Crippen LogP contribution >= 0.6 is 0 Å². The first-order valence-electron chi connectivity index (χ1n) is 15.1. The van der Waals surface area contributed by atoms with Crippen molar-refractivity contribution < 1.29 is 38.6 Å². The number of carboxylic acid groups (broad SMARTS) is 1. The van der Waals surface area contributed by atoms with E-state index >= 15 is 0 Å². The number of likely N-dealkylation sites (tertiary alicyclic amines) is 1. The Bertz CT molecular complexity index is 1360. The molecule has 242 valence electrons. The smallest absolute Gasteiger partial charge is 0.409 e. The monoisotopic (exact) mass is 624 g/mol. The number of nitrogens with zero attached hydrogens (tertiary/aromatic N) is 5. The van der Waals surface area contributed by atoms with Gasteiger partial charge in [-0.2, -0.15) is 0 Å². The van der Waals surface area contributed by atoms with Gasteiger partial charge in [-0.05, 0) is 45.3 Å². The number of esters is 1. The van der Waals surface area contributed by atoms with E-state index in [0.717, 1.165) is 0 Å². The fourth-order valence-electron chi connectivity index (χ4n) is 5.44. The van der Waals surface area contributed by atoms with Gasteiger partial charge in [-0.15, -0.1) is 0 Å². The van der Waals surface area contributed by atoms with Crippen molar-refractivity contribution in [3.8, 4) is 11.4 Å². The van der Waals surface area contributed by atoms with Crippen LogP contribution < -0.4 is 5.32 Å². The molecule has 2 saturated heterocycles. The normalized spacial score (nSPS) is 16.5. The molecular weight excluding hydrogens is 584 g/mol.